The summed E-state index contributed by atoms with van der Waals surface area (Å²) in [5, 5.41) is 15.9. The zero-order valence-electron chi connectivity index (χ0n) is 13.2. The minimum absolute atomic E-state index is 0.0890. The van der Waals surface area contributed by atoms with Gasteiger partial charge in [-0.15, -0.1) is 0 Å². The van der Waals surface area contributed by atoms with Gasteiger partial charge in [-0.05, 0) is 39.0 Å². The molecule has 0 aliphatic rings. The van der Waals surface area contributed by atoms with Gasteiger partial charge in [0.25, 0.3) is 0 Å². The normalized spacial score (nSPS) is 11.8. The molecule has 0 amide bonds. The van der Waals surface area contributed by atoms with Crippen LogP contribution in [0.4, 0.5) is 5.69 Å². The summed E-state index contributed by atoms with van der Waals surface area (Å²) in [6.07, 6.45) is 5.47. The number of fused-ring (bicyclic) bond motifs is 1. The van der Waals surface area contributed by atoms with Gasteiger partial charge in [-0.2, -0.15) is 0 Å². The van der Waals surface area contributed by atoms with Crippen LogP contribution in [0.1, 0.15) is 36.9 Å². The Kier molecular flexibility index (Phi) is 3.73. The van der Waals surface area contributed by atoms with E-state index in [1.807, 2.05) is 30.5 Å². The van der Waals surface area contributed by atoms with E-state index in [4.69, 9.17) is 4.52 Å². The maximum Gasteiger partial charge on any atom is 0.338 e. The minimum atomic E-state index is -0.469. The number of aromatic nitrogens is 2. The van der Waals surface area contributed by atoms with Gasteiger partial charge >= 0.3 is 5.69 Å². The number of nitrogens with zero attached hydrogens (tertiary/aromatic N) is 3. The molecule has 0 bridgehead atoms. The summed E-state index contributed by atoms with van der Waals surface area (Å²) >= 11 is 0. The lowest BCUT2D eigenvalue weighted by Crippen LogP contribution is -1.97. The molecule has 0 radical (unpaired) electrons. The smallest absolute Gasteiger partial charge is 0.338 e. The molecule has 1 aromatic carbocycles. The van der Waals surface area contributed by atoms with Crippen LogP contribution in [0.2, 0.25) is 0 Å². The summed E-state index contributed by atoms with van der Waals surface area (Å²) in [7, 11) is 0. The summed E-state index contributed by atoms with van der Waals surface area (Å²) in [6, 6.07) is 8.40. The summed E-state index contributed by atoms with van der Waals surface area (Å²) in [5.74, 6) is 0.161. The van der Waals surface area contributed by atoms with Crippen LogP contribution in [-0.4, -0.2) is 14.6 Å². The third-order valence-corrected chi connectivity index (χ3v) is 3.78. The fourth-order valence-corrected chi connectivity index (χ4v) is 2.67. The molecule has 2 aromatic heterocycles. The number of nitro groups is 1. The summed E-state index contributed by atoms with van der Waals surface area (Å²) in [5.41, 5.74) is 2.30. The molecule has 3 aromatic rings. The largest absolute Gasteiger partial charge is 0.349 e. The lowest BCUT2D eigenvalue weighted by atomic mass is 10.1. The van der Waals surface area contributed by atoms with Crippen LogP contribution in [0.25, 0.3) is 23.1 Å². The Morgan fingerprint density at radius 2 is 2.04 bits per heavy atom. The Morgan fingerprint density at radius 3 is 2.74 bits per heavy atom. The number of para-hydroxylation sites is 1. The van der Waals surface area contributed by atoms with Crippen molar-refractivity contribution in [2.24, 2.45) is 0 Å². The van der Waals surface area contributed by atoms with Crippen LogP contribution in [0.3, 0.4) is 0 Å². The zero-order chi connectivity index (χ0) is 16.6. The van der Waals surface area contributed by atoms with Crippen molar-refractivity contribution in [1.82, 2.24) is 9.72 Å². The second-order valence-electron chi connectivity index (χ2n) is 5.67. The standard InChI is InChI=1S/C17H17N3O3/c1-11(2)19-10-13(14-6-4-5-7-15(14)19)8-9-16-17(20(21)22)12(3)18-23-16/h4-11H,1-3H3. The van der Waals surface area contributed by atoms with Crippen molar-refractivity contribution in [3.8, 4) is 0 Å². The second-order valence-corrected chi connectivity index (χ2v) is 5.67. The van der Waals surface area contributed by atoms with E-state index in [9.17, 15) is 10.1 Å². The van der Waals surface area contributed by atoms with Crippen LogP contribution >= 0.6 is 0 Å². The fourth-order valence-electron chi connectivity index (χ4n) is 2.67. The Balaban J connectivity index is 2.07. The zero-order valence-corrected chi connectivity index (χ0v) is 13.2. The first-order valence-electron chi connectivity index (χ1n) is 7.37. The Morgan fingerprint density at radius 1 is 1.30 bits per heavy atom. The molecule has 6 nitrogen and oxygen atoms in total. The Bertz CT molecular complexity index is 903. The first kappa shape index (κ1) is 15.0. The van der Waals surface area contributed by atoms with Crippen LogP contribution in [0.15, 0.2) is 35.0 Å². The summed E-state index contributed by atoms with van der Waals surface area (Å²) in [4.78, 5) is 10.6. The first-order valence-corrected chi connectivity index (χ1v) is 7.37. The average molecular weight is 311 g/mol. The molecule has 0 aliphatic carbocycles. The van der Waals surface area contributed by atoms with Crippen molar-refractivity contribution in [3.63, 3.8) is 0 Å². The van der Waals surface area contributed by atoms with Gasteiger partial charge in [-0.1, -0.05) is 23.4 Å². The highest BCUT2D eigenvalue weighted by molar-refractivity contribution is 5.92. The van der Waals surface area contributed by atoms with Crippen molar-refractivity contribution in [3.05, 3.63) is 57.6 Å². The van der Waals surface area contributed by atoms with Gasteiger partial charge in [0.05, 0.1) is 4.92 Å². The SMILES string of the molecule is Cc1noc(C=Cc2cn(C(C)C)c3ccccc23)c1[N+](=O)[O-]. The Labute approximate surface area is 133 Å². The quantitative estimate of drug-likeness (QED) is 0.521. The molecule has 0 N–H and O–H groups in total. The van der Waals surface area contributed by atoms with Gasteiger partial charge in [0, 0.05) is 28.7 Å². The summed E-state index contributed by atoms with van der Waals surface area (Å²) < 4.78 is 7.24. The molecule has 0 unspecified atom stereocenters. The molecule has 0 fully saturated rings. The van der Waals surface area contributed by atoms with Gasteiger partial charge in [0.1, 0.15) is 0 Å². The molecule has 2 heterocycles. The van der Waals surface area contributed by atoms with E-state index in [0.29, 0.717) is 6.04 Å². The van der Waals surface area contributed by atoms with E-state index in [1.54, 1.807) is 13.0 Å². The molecule has 3 rings (SSSR count). The van der Waals surface area contributed by atoms with Gasteiger partial charge in [-0.3, -0.25) is 10.1 Å². The molecular weight excluding hydrogens is 294 g/mol. The number of benzene rings is 1. The van der Waals surface area contributed by atoms with Gasteiger partial charge in [0.2, 0.25) is 5.76 Å². The maximum atomic E-state index is 11.1. The monoisotopic (exact) mass is 311 g/mol. The van der Waals surface area contributed by atoms with E-state index >= 15 is 0 Å². The molecule has 0 saturated heterocycles. The van der Waals surface area contributed by atoms with E-state index in [2.05, 4.69) is 29.6 Å². The predicted octanol–water partition coefficient (Wildman–Crippen LogP) is 4.60. The van der Waals surface area contributed by atoms with Gasteiger partial charge in [-0.25, -0.2) is 0 Å². The molecule has 0 saturated carbocycles. The average Bonchev–Trinajstić information content (AvgIpc) is 3.06. The van der Waals surface area contributed by atoms with Crippen molar-refractivity contribution in [2.45, 2.75) is 26.8 Å². The molecule has 0 atom stereocenters. The predicted molar refractivity (Wildman–Crippen MR) is 89.1 cm³/mol. The van der Waals surface area contributed by atoms with Crippen molar-refractivity contribution < 1.29 is 9.45 Å². The fraction of sp³-hybridized carbons (Fsp3) is 0.235. The number of hydrogen-bond donors (Lipinski definition) is 0. The molecule has 23 heavy (non-hydrogen) atoms. The van der Waals surface area contributed by atoms with Crippen molar-refractivity contribution in [1.29, 1.82) is 0 Å². The number of aryl methyl sites for hydroxylation is 1. The first-order chi connectivity index (χ1) is 11.0. The highest BCUT2D eigenvalue weighted by Gasteiger charge is 2.22. The molecule has 0 spiro atoms. The third kappa shape index (κ3) is 2.63. The van der Waals surface area contributed by atoms with E-state index < -0.39 is 4.92 Å². The van der Waals surface area contributed by atoms with E-state index in [0.717, 1.165) is 16.5 Å². The third-order valence-electron chi connectivity index (χ3n) is 3.78. The van der Waals surface area contributed by atoms with Gasteiger partial charge < -0.3 is 9.09 Å². The second kappa shape index (κ2) is 5.72. The van der Waals surface area contributed by atoms with Crippen LogP contribution in [0, 0.1) is 17.0 Å². The van der Waals surface area contributed by atoms with E-state index in [1.165, 1.54) is 0 Å². The van der Waals surface area contributed by atoms with Crippen LogP contribution in [0.5, 0.6) is 0 Å². The molecule has 118 valence electrons. The highest BCUT2D eigenvalue weighted by Crippen LogP contribution is 2.28. The lowest BCUT2D eigenvalue weighted by Gasteiger charge is -2.08. The van der Waals surface area contributed by atoms with Crippen LogP contribution < -0.4 is 0 Å². The van der Waals surface area contributed by atoms with Crippen molar-refractivity contribution >= 4 is 28.7 Å². The Hall–Kier alpha value is -2.89. The summed E-state index contributed by atoms with van der Waals surface area (Å²) in [6.45, 7) is 5.79. The minimum Gasteiger partial charge on any atom is -0.349 e. The van der Waals surface area contributed by atoms with Crippen molar-refractivity contribution in [2.75, 3.05) is 0 Å². The lowest BCUT2D eigenvalue weighted by molar-refractivity contribution is -0.386. The van der Waals surface area contributed by atoms with E-state index in [-0.39, 0.29) is 17.1 Å². The topological polar surface area (TPSA) is 74.1 Å². The maximum absolute atomic E-state index is 11.1. The van der Waals surface area contributed by atoms with Crippen LogP contribution in [-0.2, 0) is 0 Å². The highest BCUT2D eigenvalue weighted by atomic mass is 16.6. The van der Waals surface area contributed by atoms with Gasteiger partial charge in [0.15, 0.2) is 5.69 Å². The number of hydrogen-bond acceptors (Lipinski definition) is 4. The number of rotatable bonds is 4. The molecule has 0 aliphatic heterocycles. The molecule has 6 heteroatoms. The molecular formula is C17H17N3O3.